The minimum absolute atomic E-state index is 0.0481. The fourth-order valence-corrected chi connectivity index (χ4v) is 6.05. The third-order valence-electron chi connectivity index (χ3n) is 5.30. The quantitative estimate of drug-likeness (QED) is 0.467. The monoisotopic (exact) mass is 484 g/mol. The molecule has 1 N–H and O–H groups in total. The van der Waals surface area contributed by atoms with Crippen molar-refractivity contribution in [3.63, 3.8) is 0 Å². The molecule has 0 saturated heterocycles. The average molecular weight is 485 g/mol. The number of anilines is 1. The fourth-order valence-electron chi connectivity index (χ4n) is 4.13. The van der Waals surface area contributed by atoms with E-state index >= 15 is 0 Å². The summed E-state index contributed by atoms with van der Waals surface area (Å²) in [6.07, 6.45) is 0. The Morgan fingerprint density at radius 2 is 1.36 bits per heavy atom. The Morgan fingerprint density at radius 3 is 1.91 bits per heavy atom. The van der Waals surface area contributed by atoms with E-state index in [-0.39, 0.29) is 18.0 Å². The van der Waals surface area contributed by atoms with Crippen molar-refractivity contribution in [3.8, 4) is 0 Å². The largest absolute Gasteiger partial charge is 0.325 e. The molecule has 174 valence electrons. The number of nitrogens with zero attached hydrogens (tertiary/aromatic N) is 1. The number of hydrogen-bond donors (Lipinski definition) is 1. The molecule has 0 aliphatic heterocycles. The van der Waals surface area contributed by atoms with Gasteiger partial charge in [0.1, 0.15) is 0 Å². The Morgan fingerprint density at radius 1 is 0.848 bits per heavy atom. The standard InChI is InChI=1S/C26H29ClN2O3S/c1-17-10-18(2)14-24(13-17)28-25(30)16-29(15-22-6-8-23(27)9-7-22)33(31,32)26-20(4)11-19(3)12-21(26)5/h6-14H,15-16H2,1-5H3,(H,28,30). The molecule has 33 heavy (non-hydrogen) atoms. The van der Waals surface area contributed by atoms with E-state index < -0.39 is 15.9 Å². The summed E-state index contributed by atoms with van der Waals surface area (Å²) < 4.78 is 28.8. The highest BCUT2D eigenvalue weighted by atomic mass is 35.5. The SMILES string of the molecule is Cc1cc(C)cc(NC(=O)CN(Cc2ccc(Cl)cc2)S(=O)(=O)c2c(C)cc(C)cc2C)c1. The lowest BCUT2D eigenvalue weighted by molar-refractivity contribution is -0.116. The highest BCUT2D eigenvalue weighted by molar-refractivity contribution is 7.89. The molecule has 0 heterocycles. The zero-order valence-electron chi connectivity index (χ0n) is 19.6. The van der Waals surface area contributed by atoms with Crippen LogP contribution in [0.25, 0.3) is 0 Å². The van der Waals surface area contributed by atoms with E-state index in [9.17, 15) is 13.2 Å². The summed E-state index contributed by atoms with van der Waals surface area (Å²) in [6.45, 7) is 9.12. The highest BCUT2D eigenvalue weighted by Gasteiger charge is 2.30. The zero-order chi connectivity index (χ0) is 24.3. The van der Waals surface area contributed by atoms with Gasteiger partial charge in [-0.1, -0.05) is 47.5 Å². The van der Waals surface area contributed by atoms with Crippen LogP contribution in [0.15, 0.2) is 59.5 Å². The summed E-state index contributed by atoms with van der Waals surface area (Å²) in [5.41, 5.74) is 5.71. The van der Waals surface area contributed by atoms with Crippen LogP contribution in [-0.4, -0.2) is 25.2 Å². The van der Waals surface area contributed by atoms with Gasteiger partial charge in [-0.15, -0.1) is 0 Å². The van der Waals surface area contributed by atoms with E-state index in [2.05, 4.69) is 5.32 Å². The molecule has 3 aromatic rings. The molecular formula is C26H29ClN2O3S. The lowest BCUT2D eigenvalue weighted by atomic mass is 10.1. The minimum Gasteiger partial charge on any atom is -0.325 e. The summed E-state index contributed by atoms with van der Waals surface area (Å²) in [4.78, 5) is 13.2. The van der Waals surface area contributed by atoms with E-state index in [1.165, 1.54) is 4.31 Å². The van der Waals surface area contributed by atoms with Gasteiger partial charge in [-0.05, 0) is 86.7 Å². The lowest BCUT2D eigenvalue weighted by Crippen LogP contribution is -2.38. The van der Waals surface area contributed by atoms with E-state index in [1.807, 2.05) is 51.1 Å². The van der Waals surface area contributed by atoms with E-state index in [0.717, 1.165) is 22.3 Å². The predicted octanol–water partition coefficient (Wildman–Crippen LogP) is 5.71. The van der Waals surface area contributed by atoms with Crippen molar-refractivity contribution < 1.29 is 13.2 Å². The summed E-state index contributed by atoms with van der Waals surface area (Å²) in [5, 5.41) is 3.41. The molecule has 0 radical (unpaired) electrons. The Balaban J connectivity index is 1.97. The Bertz CT molecular complexity index is 1240. The molecule has 0 atom stereocenters. The number of aryl methyl sites for hydroxylation is 5. The number of benzene rings is 3. The van der Waals surface area contributed by atoms with Crippen LogP contribution in [0, 0.1) is 34.6 Å². The van der Waals surface area contributed by atoms with Crippen molar-refractivity contribution in [2.45, 2.75) is 46.1 Å². The van der Waals surface area contributed by atoms with Gasteiger partial charge in [-0.25, -0.2) is 8.42 Å². The number of amides is 1. The molecule has 0 aliphatic carbocycles. The van der Waals surface area contributed by atoms with Crippen LogP contribution < -0.4 is 5.32 Å². The second-order valence-corrected chi connectivity index (χ2v) is 10.9. The van der Waals surface area contributed by atoms with Crippen LogP contribution in [0.1, 0.15) is 33.4 Å². The number of carbonyl (C=O) groups is 1. The van der Waals surface area contributed by atoms with Crippen molar-refractivity contribution in [1.29, 1.82) is 0 Å². The molecule has 3 aromatic carbocycles. The third kappa shape index (κ3) is 6.22. The van der Waals surface area contributed by atoms with Crippen LogP contribution in [0.4, 0.5) is 5.69 Å². The van der Waals surface area contributed by atoms with Gasteiger partial charge in [0.15, 0.2) is 0 Å². The average Bonchev–Trinajstić information content (AvgIpc) is 2.67. The van der Waals surface area contributed by atoms with Crippen LogP contribution in [0.3, 0.4) is 0 Å². The molecule has 0 bridgehead atoms. The highest BCUT2D eigenvalue weighted by Crippen LogP contribution is 2.27. The molecule has 3 rings (SSSR count). The Kier molecular flexibility index (Phi) is 7.62. The fraction of sp³-hybridized carbons (Fsp3) is 0.269. The normalized spacial score (nSPS) is 11.6. The lowest BCUT2D eigenvalue weighted by Gasteiger charge is -2.24. The topological polar surface area (TPSA) is 66.5 Å². The molecule has 0 unspecified atom stereocenters. The molecule has 0 saturated carbocycles. The van der Waals surface area contributed by atoms with Gasteiger partial charge in [0.05, 0.1) is 11.4 Å². The summed E-state index contributed by atoms with van der Waals surface area (Å²) in [7, 11) is -3.95. The van der Waals surface area contributed by atoms with Crippen LogP contribution in [0.5, 0.6) is 0 Å². The van der Waals surface area contributed by atoms with Gasteiger partial charge in [0.2, 0.25) is 15.9 Å². The van der Waals surface area contributed by atoms with Gasteiger partial charge in [0.25, 0.3) is 0 Å². The van der Waals surface area contributed by atoms with Gasteiger partial charge in [-0.3, -0.25) is 4.79 Å². The summed E-state index contributed by atoms with van der Waals surface area (Å²) in [5.74, 6) is -0.403. The molecule has 0 fully saturated rings. The number of carbonyl (C=O) groups excluding carboxylic acids is 1. The van der Waals surface area contributed by atoms with Crippen molar-refractivity contribution in [1.82, 2.24) is 4.31 Å². The van der Waals surface area contributed by atoms with E-state index in [4.69, 9.17) is 11.6 Å². The number of hydrogen-bond acceptors (Lipinski definition) is 3. The molecule has 1 amide bonds. The molecule has 0 aliphatic rings. The van der Waals surface area contributed by atoms with Gasteiger partial charge in [0, 0.05) is 17.3 Å². The van der Waals surface area contributed by atoms with E-state index in [1.54, 1.807) is 38.1 Å². The first-order chi connectivity index (χ1) is 15.5. The Labute approximate surface area is 201 Å². The molecular weight excluding hydrogens is 456 g/mol. The van der Waals surface area contributed by atoms with Gasteiger partial charge < -0.3 is 5.32 Å². The maximum Gasteiger partial charge on any atom is 0.244 e. The summed E-state index contributed by atoms with van der Waals surface area (Å²) >= 11 is 5.99. The first-order valence-electron chi connectivity index (χ1n) is 10.7. The van der Waals surface area contributed by atoms with Crippen LogP contribution in [-0.2, 0) is 21.4 Å². The maximum absolute atomic E-state index is 13.8. The molecule has 0 spiro atoms. The predicted molar refractivity (Wildman–Crippen MR) is 134 cm³/mol. The maximum atomic E-state index is 13.8. The summed E-state index contributed by atoms with van der Waals surface area (Å²) in [6, 6.07) is 16.4. The second-order valence-electron chi connectivity index (χ2n) is 8.55. The number of nitrogens with one attached hydrogen (secondary N) is 1. The Hall–Kier alpha value is -2.67. The second kappa shape index (κ2) is 10.1. The minimum atomic E-state index is -3.95. The number of halogens is 1. The first kappa shape index (κ1) is 25.0. The number of sulfonamides is 1. The molecule has 5 nitrogen and oxygen atoms in total. The van der Waals surface area contributed by atoms with E-state index in [0.29, 0.717) is 21.8 Å². The smallest absolute Gasteiger partial charge is 0.244 e. The van der Waals surface area contributed by atoms with Gasteiger partial charge in [-0.2, -0.15) is 4.31 Å². The van der Waals surface area contributed by atoms with Crippen molar-refractivity contribution >= 4 is 33.2 Å². The van der Waals surface area contributed by atoms with Crippen molar-refractivity contribution in [2.75, 3.05) is 11.9 Å². The van der Waals surface area contributed by atoms with Gasteiger partial charge >= 0.3 is 0 Å². The zero-order valence-corrected chi connectivity index (χ0v) is 21.1. The number of rotatable bonds is 7. The molecule has 7 heteroatoms. The van der Waals surface area contributed by atoms with Crippen LogP contribution in [0.2, 0.25) is 5.02 Å². The van der Waals surface area contributed by atoms with Crippen molar-refractivity contribution in [3.05, 3.63) is 93.0 Å². The first-order valence-corrected chi connectivity index (χ1v) is 12.5. The van der Waals surface area contributed by atoms with Crippen molar-refractivity contribution in [2.24, 2.45) is 0 Å². The third-order valence-corrected chi connectivity index (χ3v) is 7.65. The van der Waals surface area contributed by atoms with Crippen LogP contribution >= 0.6 is 11.6 Å². The molecule has 0 aromatic heterocycles.